The van der Waals surface area contributed by atoms with E-state index in [2.05, 4.69) is 71.0 Å². The van der Waals surface area contributed by atoms with Crippen LogP contribution in [0.25, 0.3) is 11.1 Å². The van der Waals surface area contributed by atoms with E-state index in [1.165, 1.54) is 33.4 Å². The summed E-state index contributed by atoms with van der Waals surface area (Å²) in [6.07, 6.45) is 3.00. The van der Waals surface area contributed by atoms with Crippen LogP contribution in [0.4, 0.5) is 5.69 Å². The zero-order valence-electron chi connectivity index (χ0n) is 17.7. The molecule has 1 nitrogen and oxygen atoms in total. The molecule has 0 radical (unpaired) electrons. The number of aliphatic imine (C=N–C) groups is 1. The number of nitrogens with zero attached hydrogens (tertiary/aromatic N) is 1. The number of hydrogen-bond donors (Lipinski definition) is 0. The third kappa shape index (κ3) is 4.25. The summed E-state index contributed by atoms with van der Waals surface area (Å²) in [6, 6.07) is 23.6. The minimum atomic E-state index is 0.486. The molecule has 0 atom stereocenters. The van der Waals surface area contributed by atoms with Gasteiger partial charge in [0.15, 0.2) is 0 Å². The number of benzene rings is 3. The molecule has 3 aromatic rings. The number of para-hydroxylation sites is 1. The van der Waals surface area contributed by atoms with Crippen LogP contribution in [-0.4, -0.2) is 6.21 Å². The van der Waals surface area contributed by atoms with E-state index in [1.54, 1.807) is 0 Å². The molecule has 144 valence electrons. The summed E-state index contributed by atoms with van der Waals surface area (Å²) in [5.74, 6) is 0.972. The standard InChI is InChI=1S/C27H31N/c1-6-23-21(18-28-22-13-8-7-9-14-22)12-10-17-26(23)27-24(19(2)3)15-11-16-25(27)20(4)5/h7-20H,6H2,1-5H3. The molecule has 0 aliphatic rings. The average Bonchev–Trinajstić information content (AvgIpc) is 2.71. The van der Waals surface area contributed by atoms with E-state index >= 15 is 0 Å². The van der Waals surface area contributed by atoms with Crippen LogP contribution >= 0.6 is 0 Å². The van der Waals surface area contributed by atoms with Crippen LogP contribution in [-0.2, 0) is 6.42 Å². The lowest BCUT2D eigenvalue weighted by Gasteiger charge is -2.22. The van der Waals surface area contributed by atoms with Gasteiger partial charge in [-0.05, 0) is 63.8 Å². The Kier molecular flexibility index (Phi) is 6.46. The van der Waals surface area contributed by atoms with Gasteiger partial charge in [-0.25, -0.2) is 0 Å². The fourth-order valence-corrected chi connectivity index (χ4v) is 3.87. The molecule has 0 aromatic heterocycles. The second-order valence-electron chi connectivity index (χ2n) is 7.94. The monoisotopic (exact) mass is 369 g/mol. The van der Waals surface area contributed by atoms with Crippen molar-refractivity contribution in [2.24, 2.45) is 4.99 Å². The highest BCUT2D eigenvalue weighted by atomic mass is 14.7. The van der Waals surface area contributed by atoms with E-state index < -0.39 is 0 Å². The highest BCUT2D eigenvalue weighted by Crippen LogP contribution is 2.38. The Labute approximate surface area is 170 Å². The van der Waals surface area contributed by atoms with Gasteiger partial charge in [-0.1, -0.05) is 89.2 Å². The van der Waals surface area contributed by atoms with Crippen molar-refractivity contribution in [2.45, 2.75) is 52.9 Å². The maximum absolute atomic E-state index is 4.71. The first-order valence-electron chi connectivity index (χ1n) is 10.4. The van der Waals surface area contributed by atoms with Gasteiger partial charge >= 0.3 is 0 Å². The summed E-state index contributed by atoms with van der Waals surface area (Å²) < 4.78 is 0. The summed E-state index contributed by atoms with van der Waals surface area (Å²) in [5.41, 5.74) is 9.19. The van der Waals surface area contributed by atoms with Crippen LogP contribution in [0.15, 0.2) is 71.7 Å². The van der Waals surface area contributed by atoms with Crippen LogP contribution in [0.3, 0.4) is 0 Å². The fourth-order valence-electron chi connectivity index (χ4n) is 3.87. The molecule has 3 rings (SSSR count). The molecule has 0 spiro atoms. The lowest BCUT2D eigenvalue weighted by atomic mass is 9.82. The predicted molar refractivity (Wildman–Crippen MR) is 123 cm³/mol. The smallest absolute Gasteiger partial charge is 0.0629 e. The summed E-state index contributed by atoms with van der Waals surface area (Å²) >= 11 is 0. The van der Waals surface area contributed by atoms with Crippen molar-refractivity contribution in [3.05, 3.63) is 89.0 Å². The molecule has 1 heteroatoms. The van der Waals surface area contributed by atoms with Gasteiger partial charge in [0.2, 0.25) is 0 Å². The van der Waals surface area contributed by atoms with Crippen LogP contribution < -0.4 is 0 Å². The van der Waals surface area contributed by atoms with Gasteiger partial charge < -0.3 is 0 Å². The zero-order valence-corrected chi connectivity index (χ0v) is 17.7. The number of rotatable bonds is 6. The normalized spacial score (nSPS) is 11.7. The molecule has 0 fully saturated rings. The van der Waals surface area contributed by atoms with E-state index in [4.69, 9.17) is 4.99 Å². The fraction of sp³-hybridized carbons (Fsp3) is 0.296. The van der Waals surface area contributed by atoms with E-state index in [1.807, 2.05) is 36.5 Å². The van der Waals surface area contributed by atoms with Crippen LogP contribution in [0.2, 0.25) is 0 Å². The molecule has 28 heavy (non-hydrogen) atoms. The molecule has 0 aliphatic heterocycles. The third-order valence-electron chi connectivity index (χ3n) is 5.32. The van der Waals surface area contributed by atoms with Gasteiger partial charge in [-0.2, -0.15) is 0 Å². The molecule has 0 saturated heterocycles. The van der Waals surface area contributed by atoms with Gasteiger partial charge in [-0.3, -0.25) is 4.99 Å². The molecule has 3 aromatic carbocycles. The molecular formula is C27H31N. The molecular weight excluding hydrogens is 338 g/mol. The van der Waals surface area contributed by atoms with Crippen LogP contribution in [0.5, 0.6) is 0 Å². The Hall–Kier alpha value is -2.67. The molecule has 0 bridgehead atoms. The lowest BCUT2D eigenvalue weighted by molar-refractivity contribution is 0.837. The van der Waals surface area contributed by atoms with Crippen molar-refractivity contribution in [3.8, 4) is 11.1 Å². The SMILES string of the molecule is CCc1c(C=Nc2ccccc2)cccc1-c1c(C(C)C)cccc1C(C)C. The molecule has 0 unspecified atom stereocenters. The Morgan fingerprint density at radius 2 is 1.36 bits per heavy atom. The Morgan fingerprint density at radius 3 is 1.93 bits per heavy atom. The molecule has 0 amide bonds. The van der Waals surface area contributed by atoms with E-state index in [0.717, 1.165) is 12.1 Å². The minimum Gasteiger partial charge on any atom is -0.256 e. The van der Waals surface area contributed by atoms with E-state index in [0.29, 0.717) is 11.8 Å². The minimum absolute atomic E-state index is 0.486. The van der Waals surface area contributed by atoms with Crippen molar-refractivity contribution in [2.75, 3.05) is 0 Å². The first-order valence-corrected chi connectivity index (χ1v) is 10.4. The molecule has 0 saturated carbocycles. The summed E-state index contributed by atoms with van der Waals surface area (Å²) in [4.78, 5) is 4.71. The van der Waals surface area contributed by atoms with Gasteiger partial charge in [0.05, 0.1) is 5.69 Å². The third-order valence-corrected chi connectivity index (χ3v) is 5.32. The molecule has 0 N–H and O–H groups in total. The Balaban J connectivity index is 2.18. The van der Waals surface area contributed by atoms with Crippen molar-refractivity contribution in [3.63, 3.8) is 0 Å². The summed E-state index contributed by atoms with van der Waals surface area (Å²) in [7, 11) is 0. The van der Waals surface area contributed by atoms with Gasteiger partial charge in [0.25, 0.3) is 0 Å². The second-order valence-corrected chi connectivity index (χ2v) is 7.94. The topological polar surface area (TPSA) is 12.4 Å². The highest BCUT2D eigenvalue weighted by Gasteiger charge is 2.18. The van der Waals surface area contributed by atoms with Crippen molar-refractivity contribution in [1.29, 1.82) is 0 Å². The second kappa shape index (κ2) is 9.01. The maximum atomic E-state index is 4.71. The number of hydrogen-bond acceptors (Lipinski definition) is 1. The first-order chi connectivity index (χ1) is 13.5. The van der Waals surface area contributed by atoms with Crippen LogP contribution in [0, 0.1) is 0 Å². The van der Waals surface area contributed by atoms with E-state index in [9.17, 15) is 0 Å². The lowest BCUT2D eigenvalue weighted by Crippen LogP contribution is -2.03. The molecule has 0 aliphatic carbocycles. The quantitative estimate of drug-likeness (QED) is 0.391. The van der Waals surface area contributed by atoms with Gasteiger partial charge in [0.1, 0.15) is 0 Å². The zero-order chi connectivity index (χ0) is 20.1. The average molecular weight is 370 g/mol. The Bertz CT molecular complexity index is 923. The van der Waals surface area contributed by atoms with Gasteiger partial charge in [0, 0.05) is 6.21 Å². The predicted octanol–water partition coefficient (Wildman–Crippen LogP) is 7.91. The largest absolute Gasteiger partial charge is 0.256 e. The van der Waals surface area contributed by atoms with Crippen molar-refractivity contribution < 1.29 is 0 Å². The van der Waals surface area contributed by atoms with Gasteiger partial charge in [-0.15, -0.1) is 0 Å². The summed E-state index contributed by atoms with van der Waals surface area (Å²) in [6.45, 7) is 11.4. The van der Waals surface area contributed by atoms with Crippen LogP contribution in [0.1, 0.15) is 68.7 Å². The molecule has 0 heterocycles. The van der Waals surface area contributed by atoms with E-state index in [-0.39, 0.29) is 0 Å². The van der Waals surface area contributed by atoms with Crippen molar-refractivity contribution >= 4 is 11.9 Å². The maximum Gasteiger partial charge on any atom is 0.0629 e. The first kappa shape index (κ1) is 20.1. The summed E-state index contributed by atoms with van der Waals surface area (Å²) in [5, 5.41) is 0. The Morgan fingerprint density at radius 1 is 0.750 bits per heavy atom. The van der Waals surface area contributed by atoms with Crippen molar-refractivity contribution in [1.82, 2.24) is 0 Å². The highest BCUT2D eigenvalue weighted by molar-refractivity contribution is 5.89.